The van der Waals surface area contributed by atoms with Crippen molar-refractivity contribution in [2.24, 2.45) is 4.99 Å². The van der Waals surface area contributed by atoms with Gasteiger partial charge in [-0.1, -0.05) is 12.1 Å². The van der Waals surface area contributed by atoms with Gasteiger partial charge in [-0.25, -0.2) is 4.99 Å². The molecule has 1 saturated heterocycles. The first-order chi connectivity index (χ1) is 14.6. The second-order valence-corrected chi connectivity index (χ2v) is 6.93. The summed E-state index contributed by atoms with van der Waals surface area (Å²) in [5.74, 6) is 2.27. The number of amides is 1. The summed E-state index contributed by atoms with van der Waals surface area (Å²) < 4.78 is 11.0. The lowest BCUT2D eigenvalue weighted by Gasteiger charge is -2.16. The molecule has 168 valence electrons. The van der Waals surface area contributed by atoms with Crippen LogP contribution in [0.1, 0.15) is 32.3 Å². The highest BCUT2D eigenvalue weighted by molar-refractivity contribution is 14.0. The highest BCUT2D eigenvalue weighted by Gasteiger charge is 2.21. The number of carbonyl (C=O) groups excluding carboxylic acids is 1. The summed E-state index contributed by atoms with van der Waals surface area (Å²) in [6.07, 6.45) is 1.57. The van der Waals surface area contributed by atoms with Crippen LogP contribution in [-0.4, -0.2) is 38.7 Å². The maximum absolute atomic E-state index is 11.9. The normalized spacial score (nSPS) is 13.6. The van der Waals surface area contributed by atoms with E-state index in [2.05, 4.69) is 15.6 Å². The Balaban J connectivity index is 0.00000341. The molecule has 2 N–H and O–H groups in total. The molecule has 0 bridgehead atoms. The zero-order valence-corrected chi connectivity index (χ0v) is 20.6. The molecule has 0 aliphatic carbocycles. The lowest BCUT2D eigenvalue weighted by molar-refractivity contribution is -0.117. The number of nitrogens with zero attached hydrogens (tertiary/aromatic N) is 2. The number of methoxy groups -OCH3 is 1. The molecule has 31 heavy (non-hydrogen) atoms. The summed E-state index contributed by atoms with van der Waals surface area (Å²) in [6, 6.07) is 13.7. The van der Waals surface area contributed by atoms with Gasteiger partial charge in [0.05, 0.1) is 20.3 Å². The lowest BCUT2D eigenvalue weighted by Crippen LogP contribution is -2.30. The van der Waals surface area contributed by atoms with Crippen LogP contribution in [0.3, 0.4) is 0 Å². The smallest absolute Gasteiger partial charge is 0.227 e. The van der Waals surface area contributed by atoms with E-state index in [1.807, 2.05) is 61.2 Å². The molecule has 0 aromatic heterocycles. The Morgan fingerprint density at radius 2 is 1.90 bits per heavy atom. The van der Waals surface area contributed by atoms with Crippen LogP contribution in [0.25, 0.3) is 0 Å². The Morgan fingerprint density at radius 1 is 1.13 bits per heavy atom. The van der Waals surface area contributed by atoms with E-state index < -0.39 is 0 Å². The van der Waals surface area contributed by atoms with Crippen molar-refractivity contribution in [3.05, 3.63) is 48.0 Å². The van der Waals surface area contributed by atoms with E-state index in [0.29, 0.717) is 37.0 Å². The maximum atomic E-state index is 11.9. The average Bonchev–Trinajstić information content (AvgIpc) is 3.19. The van der Waals surface area contributed by atoms with E-state index in [1.165, 1.54) is 0 Å². The summed E-state index contributed by atoms with van der Waals surface area (Å²) in [4.78, 5) is 18.4. The fraction of sp³-hybridized carbons (Fsp3) is 0.391. The van der Waals surface area contributed by atoms with Crippen LogP contribution in [0, 0.1) is 0 Å². The first-order valence-corrected chi connectivity index (χ1v) is 10.4. The molecule has 0 atom stereocenters. The monoisotopic (exact) mass is 538 g/mol. The van der Waals surface area contributed by atoms with Crippen molar-refractivity contribution in [3.63, 3.8) is 0 Å². The van der Waals surface area contributed by atoms with Crippen LogP contribution < -0.4 is 25.0 Å². The van der Waals surface area contributed by atoms with E-state index >= 15 is 0 Å². The number of hydrogen-bond acceptors (Lipinski definition) is 4. The SMILES string of the molecule is CCNC(=NCc1ccc(N2CCCC2=O)cc1)Nc1ccc(OC)c(OCC)c1.I. The van der Waals surface area contributed by atoms with Gasteiger partial charge in [0, 0.05) is 37.0 Å². The zero-order chi connectivity index (χ0) is 21.3. The summed E-state index contributed by atoms with van der Waals surface area (Å²) in [6.45, 7) is 6.60. The molecule has 1 aliphatic heterocycles. The molecule has 0 saturated carbocycles. The van der Waals surface area contributed by atoms with Gasteiger partial charge in [0.1, 0.15) is 0 Å². The molecule has 1 aliphatic rings. The minimum atomic E-state index is 0. The van der Waals surface area contributed by atoms with Crippen LogP contribution in [-0.2, 0) is 11.3 Å². The molecule has 8 heteroatoms. The minimum absolute atomic E-state index is 0. The molecule has 0 radical (unpaired) electrons. The summed E-state index contributed by atoms with van der Waals surface area (Å²) in [5, 5.41) is 6.57. The number of nitrogens with one attached hydrogen (secondary N) is 2. The van der Waals surface area contributed by atoms with Gasteiger partial charge >= 0.3 is 0 Å². The first kappa shape index (κ1) is 24.8. The molecule has 1 heterocycles. The summed E-state index contributed by atoms with van der Waals surface area (Å²) >= 11 is 0. The quantitative estimate of drug-likeness (QED) is 0.296. The van der Waals surface area contributed by atoms with Crippen molar-refractivity contribution in [2.45, 2.75) is 33.2 Å². The maximum Gasteiger partial charge on any atom is 0.227 e. The van der Waals surface area contributed by atoms with Gasteiger partial charge in [0.25, 0.3) is 0 Å². The van der Waals surface area contributed by atoms with Crippen molar-refractivity contribution in [2.75, 3.05) is 37.0 Å². The van der Waals surface area contributed by atoms with Gasteiger partial charge < -0.3 is 25.0 Å². The number of ether oxygens (including phenoxy) is 2. The predicted molar refractivity (Wildman–Crippen MR) is 136 cm³/mol. The number of hydrogen-bond donors (Lipinski definition) is 2. The third-order valence-electron chi connectivity index (χ3n) is 4.81. The van der Waals surface area contributed by atoms with Gasteiger partial charge in [-0.05, 0) is 50.1 Å². The molecule has 1 fully saturated rings. The number of anilines is 2. The Bertz CT molecular complexity index is 887. The summed E-state index contributed by atoms with van der Waals surface area (Å²) in [7, 11) is 1.63. The van der Waals surface area contributed by atoms with Gasteiger partial charge in [-0.15, -0.1) is 24.0 Å². The summed E-state index contributed by atoms with van der Waals surface area (Å²) in [5.41, 5.74) is 2.89. The minimum Gasteiger partial charge on any atom is -0.493 e. The predicted octanol–water partition coefficient (Wildman–Crippen LogP) is 4.42. The van der Waals surface area contributed by atoms with Gasteiger partial charge in [-0.3, -0.25) is 4.79 Å². The van der Waals surface area contributed by atoms with Crippen LogP contribution in [0.15, 0.2) is 47.5 Å². The standard InChI is InChI=1S/C23H30N4O3.HI/c1-4-24-23(26-18-10-13-20(29-3)21(15-18)30-5-2)25-16-17-8-11-19(12-9-17)27-14-6-7-22(27)28;/h8-13,15H,4-7,14,16H2,1-3H3,(H2,24,25,26);1H. The van der Waals surface area contributed by atoms with Crippen LogP contribution in [0.5, 0.6) is 11.5 Å². The van der Waals surface area contributed by atoms with Gasteiger partial charge in [0.2, 0.25) is 5.91 Å². The van der Waals surface area contributed by atoms with E-state index in [9.17, 15) is 4.79 Å². The first-order valence-electron chi connectivity index (χ1n) is 10.4. The lowest BCUT2D eigenvalue weighted by atomic mass is 10.2. The highest BCUT2D eigenvalue weighted by atomic mass is 127. The molecule has 2 aromatic carbocycles. The van der Waals surface area contributed by atoms with E-state index in [4.69, 9.17) is 9.47 Å². The number of rotatable bonds is 8. The molecular formula is C23H31IN4O3. The Kier molecular flexibility index (Phi) is 9.90. The van der Waals surface area contributed by atoms with E-state index in [-0.39, 0.29) is 29.9 Å². The average molecular weight is 538 g/mol. The molecule has 7 nitrogen and oxygen atoms in total. The number of benzene rings is 2. The number of halogens is 1. The van der Waals surface area contributed by atoms with Gasteiger partial charge in [-0.2, -0.15) is 0 Å². The molecule has 3 rings (SSSR count). The molecule has 0 spiro atoms. The van der Waals surface area contributed by atoms with Gasteiger partial charge in [0.15, 0.2) is 17.5 Å². The van der Waals surface area contributed by atoms with Crippen LogP contribution in [0.4, 0.5) is 11.4 Å². The van der Waals surface area contributed by atoms with Crippen LogP contribution >= 0.6 is 24.0 Å². The van der Waals surface area contributed by atoms with Crippen molar-refractivity contribution in [1.29, 1.82) is 0 Å². The molecular weight excluding hydrogens is 507 g/mol. The number of guanidine groups is 1. The third kappa shape index (κ3) is 6.75. The number of carbonyl (C=O) groups is 1. The van der Waals surface area contributed by atoms with Crippen molar-refractivity contribution in [3.8, 4) is 11.5 Å². The second-order valence-electron chi connectivity index (χ2n) is 6.93. The molecule has 0 unspecified atom stereocenters. The van der Waals surface area contributed by atoms with E-state index in [0.717, 1.165) is 36.4 Å². The second kappa shape index (κ2) is 12.4. The fourth-order valence-electron chi connectivity index (χ4n) is 3.34. The Labute approximate surface area is 201 Å². The van der Waals surface area contributed by atoms with Crippen molar-refractivity contribution in [1.82, 2.24) is 5.32 Å². The Morgan fingerprint density at radius 3 is 2.52 bits per heavy atom. The largest absolute Gasteiger partial charge is 0.493 e. The highest BCUT2D eigenvalue weighted by Crippen LogP contribution is 2.30. The number of aliphatic imine (C=N–C) groups is 1. The Hall–Kier alpha value is -2.49. The van der Waals surface area contributed by atoms with Crippen LogP contribution in [0.2, 0.25) is 0 Å². The fourth-order valence-corrected chi connectivity index (χ4v) is 3.34. The van der Waals surface area contributed by atoms with Crippen molar-refractivity contribution >= 4 is 47.2 Å². The topological polar surface area (TPSA) is 75.2 Å². The molecule has 1 amide bonds. The molecule has 2 aromatic rings. The van der Waals surface area contributed by atoms with E-state index in [1.54, 1.807) is 7.11 Å². The third-order valence-corrected chi connectivity index (χ3v) is 4.81. The zero-order valence-electron chi connectivity index (χ0n) is 18.3. The van der Waals surface area contributed by atoms with Crippen molar-refractivity contribution < 1.29 is 14.3 Å².